The van der Waals surface area contributed by atoms with Gasteiger partial charge in [0, 0.05) is 9.99 Å². The highest BCUT2D eigenvalue weighted by atomic mass is 127. The third-order valence-electron chi connectivity index (χ3n) is 4.40. The van der Waals surface area contributed by atoms with Gasteiger partial charge < -0.3 is 5.32 Å². The van der Waals surface area contributed by atoms with Crippen LogP contribution >= 0.6 is 22.6 Å². The average Bonchev–Trinajstić information content (AvgIpc) is 2.89. The van der Waals surface area contributed by atoms with Gasteiger partial charge in [0.25, 0.3) is 5.91 Å². The summed E-state index contributed by atoms with van der Waals surface area (Å²) in [6.45, 7) is 0.610. The normalized spacial score (nSPS) is 17.6. The Balaban J connectivity index is 1.58. The fraction of sp³-hybridized carbons (Fsp3) is 0.222. The van der Waals surface area contributed by atoms with Crippen molar-refractivity contribution in [1.29, 1.82) is 0 Å². The lowest BCUT2D eigenvalue weighted by atomic mass is 10.1. The molecule has 1 aliphatic rings. The lowest BCUT2D eigenvalue weighted by Gasteiger charge is -2.14. The van der Waals surface area contributed by atoms with Gasteiger partial charge in [0.05, 0.1) is 23.5 Å². The highest BCUT2D eigenvalue weighted by Crippen LogP contribution is 2.22. The summed E-state index contributed by atoms with van der Waals surface area (Å²) < 4.78 is 23.6. The molecule has 7 nitrogen and oxygen atoms in total. The number of amides is 2. The Kier molecular flexibility index (Phi) is 5.94. The van der Waals surface area contributed by atoms with E-state index in [1.54, 1.807) is 24.3 Å². The summed E-state index contributed by atoms with van der Waals surface area (Å²) in [5.74, 6) is -0.397. The van der Waals surface area contributed by atoms with Gasteiger partial charge in [-0.2, -0.15) is 0 Å². The smallest absolute Gasteiger partial charge is 0.292 e. The van der Waals surface area contributed by atoms with Gasteiger partial charge in [0.2, 0.25) is 15.9 Å². The van der Waals surface area contributed by atoms with Gasteiger partial charge in [0.15, 0.2) is 6.04 Å². The number of imide groups is 1. The first-order chi connectivity index (χ1) is 12.8. The van der Waals surface area contributed by atoms with Crippen molar-refractivity contribution < 1.29 is 23.3 Å². The van der Waals surface area contributed by atoms with Crippen LogP contribution in [0.4, 0.5) is 5.69 Å². The van der Waals surface area contributed by atoms with Gasteiger partial charge in [0.1, 0.15) is 0 Å². The monoisotopic (exact) mass is 500 g/mol. The standard InChI is InChI=1S/C18H18IN3O4S/c19-13-3-5-14(6-4-13)22-17(23)11-16(18(22)24)21-10-9-12-1-7-15(8-2-12)27(20,25)26/h1-8,16,21H,9-11H2,(H2,20,25,26)/p+1/t16-/m0/s1. The Morgan fingerprint density at radius 1 is 1.07 bits per heavy atom. The second-order valence-corrected chi connectivity index (χ2v) is 9.12. The van der Waals surface area contributed by atoms with E-state index < -0.39 is 16.1 Å². The Morgan fingerprint density at radius 3 is 2.30 bits per heavy atom. The molecule has 0 aliphatic carbocycles. The van der Waals surface area contributed by atoms with Gasteiger partial charge in [-0.05, 0) is 64.6 Å². The van der Waals surface area contributed by atoms with Crippen molar-refractivity contribution in [1.82, 2.24) is 0 Å². The van der Waals surface area contributed by atoms with Gasteiger partial charge in [-0.25, -0.2) is 18.5 Å². The van der Waals surface area contributed by atoms with E-state index >= 15 is 0 Å². The van der Waals surface area contributed by atoms with Crippen molar-refractivity contribution in [3.63, 3.8) is 0 Å². The van der Waals surface area contributed by atoms with Crippen LogP contribution in [0.25, 0.3) is 0 Å². The number of carbonyl (C=O) groups is 2. The molecule has 0 unspecified atom stereocenters. The minimum atomic E-state index is -3.70. The molecule has 4 N–H and O–H groups in total. The molecule has 27 heavy (non-hydrogen) atoms. The fourth-order valence-electron chi connectivity index (χ4n) is 3.00. The molecule has 2 aromatic rings. The van der Waals surface area contributed by atoms with Gasteiger partial charge in [-0.15, -0.1) is 0 Å². The van der Waals surface area contributed by atoms with E-state index in [4.69, 9.17) is 5.14 Å². The van der Waals surface area contributed by atoms with Crippen LogP contribution in [0.5, 0.6) is 0 Å². The van der Waals surface area contributed by atoms with Crippen molar-refractivity contribution in [2.24, 2.45) is 5.14 Å². The quantitative estimate of drug-likeness (QED) is 0.441. The number of nitrogens with two attached hydrogens (primary N) is 2. The predicted molar refractivity (Wildman–Crippen MR) is 108 cm³/mol. The van der Waals surface area contributed by atoms with Crippen molar-refractivity contribution in [2.75, 3.05) is 11.4 Å². The molecule has 1 heterocycles. The lowest BCUT2D eigenvalue weighted by Crippen LogP contribution is -2.92. The topological polar surface area (TPSA) is 114 Å². The number of anilines is 1. The Morgan fingerprint density at radius 2 is 1.70 bits per heavy atom. The molecular weight excluding hydrogens is 481 g/mol. The maximum absolute atomic E-state index is 12.6. The lowest BCUT2D eigenvalue weighted by molar-refractivity contribution is -0.674. The number of rotatable bonds is 6. The molecule has 3 rings (SSSR count). The number of quaternary nitrogens is 1. The summed E-state index contributed by atoms with van der Waals surface area (Å²) in [4.78, 5) is 26.2. The minimum absolute atomic E-state index is 0.0694. The number of carbonyl (C=O) groups excluding carboxylic acids is 2. The fourth-order valence-corrected chi connectivity index (χ4v) is 3.87. The van der Waals surface area contributed by atoms with E-state index in [9.17, 15) is 18.0 Å². The van der Waals surface area contributed by atoms with Crippen LogP contribution < -0.4 is 15.4 Å². The van der Waals surface area contributed by atoms with Gasteiger partial charge >= 0.3 is 0 Å². The molecule has 1 aliphatic heterocycles. The van der Waals surface area contributed by atoms with Crippen molar-refractivity contribution in [3.05, 3.63) is 57.7 Å². The molecule has 0 radical (unpaired) electrons. The van der Waals surface area contributed by atoms with E-state index in [0.29, 0.717) is 18.7 Å². The molecule has 0 saturated carbocycles. The number of benzene rings is 2. The first-order valence-electron chi connectivity index (χ1n) is 8.33. The SMILES string of the molecule is NS(=O)(=O)c1ccc(CC[NH2+][C@H]2CC(=O)N(c3ccc(I)cc3)C2=O)cc1. The van der Waals surface area contributed by atoms with Crippen molar-refractivity contribution >= 4 is 50.1 Å². The zero-order valence-electron chi connectivity index (χ0n) is 14.3. The summed E-state index contributed by atoms with van der Waals surface area (Å²) in [5, 5.41) is 6.94. The first kappa shape index (κ1) is 19.9. The Labute approximate surface area is 171 Å². The summed E-state index contributed by atoms with van der Waals surface area (Å²) in [5.41, 5.74) is 1.53. The number of hydrogen-bond acceptors (Lipinski definition) is 4. The van der Waals surface area contributed by atoms with Crippen LogP contribution in [0.3, 0.4) is 0 Å². The number of nitrogens with zero attached hydrogens (tertiary/aromatic N) is 1. The van der Waals surface area contributed by atoms with Crippen LogP contribution in [-0.2, 0) is 26.0 Å². The molecule has 0 aromatic heterocycles. The summed E-state index contributed by atoms with van der Waals surface area (Å²) >= 11 is 2.17. The molecule has 1 saturated heterocycles. The van der Waals surface area contributed by atoms with Crippen LogP contribution in [0.2, 0.25) is 0 Å². The summed E-state index contributed by atoms with van der Waals surface area (Å²) in [7, 11) is -3.70. The number of sulfonamides is 1. The zero-order valence-corrected chi connectivity index (χ0v) is 17.3. The average molecular weight is 500 g/mol. The molecule has 1 fully saturated rings. The highest BCUT2D eigenvalue weighted by molar-refractivity contribution is 14.1. The van der Waals surface area contributed by atoms with Crippen LogP contribution in [0.15, 0.2) is 53.4 Å². The Hall–Kier alpha value is -1.82. The van der Waals surface area contributed by atoms with Crippen molar-refractivity contribution in [3.8, 4) is 0 Å². The largest absolute Gasteiger partial charge is 0.335 e. The van der Waals surface area contributed by atoms with Crippen LogP contribution in [0, 0.1) is 3.57 Å². The van der Waals surface area contributed by atoms with Gasteiger partial charge in [-0.1, -0.05) is 12.1 Å². The second kappa shape index (κ2) is 8.05. The predicted octanol–water partition coefficient (Wildman–Crippen LogP) is 0.377. The minimum Gasteiger partial charge on any atom is -0.335 e. The zero-order chi connectivity index (χ0) is 19.6. The third kappa shape index (κ3) is 4.72. The summed E-state index contributed by atoms with van der Waals surface area (Å²) in [6.07, 6.45) is 0.821. The van der Waals surface area contributed by atoms with E-state index in [0.717, 1.165) is 9.13 Å². The van der Waals surface area contributed by atoms with Crippen LogP contribution in [-0.4, -0.2) is 32.8 Å². The Bertz CT molecular complexity index is 959. The van der Waals surface area contributed by atoms with Crippen molar-refractivity contribution in [2.45, 2.75) is 23.8 Å². The molecular formula is C18H19IN3O4S+. The molecule has 142 valence electrons. The molecule has 0 spiro atoms. The van der Waals surface area contributed by atoms with E-state index in [2.05, 4.69) is 22.6 Å². The summed E-state index contributed by atoms with van der Waals surface area (Å²) in [6, 6.07) is 13.2. The van der Waals surface area contributed by atoms with Gasteiger partial charge in [-0.3, -0.25) is 9.59 Å². The molecule has 0 bridgehead atoms. The van der Waals surface area contributed by atoms with E-state index in [1.165, 1.54) is 17.0 Å². The van der Waals surface area contributed by atoms with Crippen LogP contribution in [0.1, 0.15) is 12.0 Å². The number of primary sulfonamides is 1. The second-order valence-electron chi connectivity index (χ2n) is 6.32. The van der Waals surface area contributed by atoms with E-state index in [-0.39, 0.29) is 23.1 Å². The third-order valence-corrected chi connectivity index (χ3v) is 6.05. The van der Waals surface area contributed by atoms with E-state index in [1.807, 2.05) is 17.4 Å². The number of halogens is 1. The highest BCUT2D eigenvalue weighted by Gasteiger charge is 2.41. The molecule has 9 heteroatoms. The molecule has 2 amide bonds. The first-order valence-corrected chi connectivity index (χ1v) is 11.0. The number of hydrogen-bond donors (Lipinski definition) is 2. The maximum Gasteiger partial charge on any atom is 0.292 e. The maximum atomic E-state index is 12.6. The molecule has 2 aromatic carbocycles. The molecule has 1 atom stereocenters.